The fourth-order valence-corrected chi connectivity index (χ4v) is 3.25. The quantitative estimate of drug-likeness (QED) is 0.850. The number of hydrogen-bond donors (Lipinski definition) is 1. The van der Waals surface area contributed by atoms with Crippen LogP contribution in [0.25, 0.3) is 0 Å². The van der Waals surface area contributed by atoms with Crippen LogP contribution in [0, 0.1) is 0 Å². The topological polar surface area (TPSA) is 52.7 Å². The molecule has 23 heavy (non-hydrogen) atoms. The summed E-state index contributed by atoms with van der Waals surface area (Å²) >= 11 is 0. The Balaban J connectivity index is 1.89. The van der Waals surface area contributed by atoms with Crippen molar-refractivity contribution < 1.29 is 9.59 Å². The Bertz CT molecular complexity index is 639. The maximum absolute atomic E-state index is 12.9. The molecule has 1 atom stereocenters. The highest BCUT2D eigenvalue weighted by Gasteiger charge is 2.42. The zero-order chi connectivity index (χ0) is 16.4. The third-order valence-electron chi connectivity index (χ3n) is 4.60. The molecule has 1 N–H and O–H groups in total. The summed E-state index contributed by atoms with van der Waals surface area (Å²) in [7, 11) is 1.73. The third kappa shape index (κ3) is 2.83. The lowest BCUT2D eigenvalue weighted by atomic mass is 9.96. The van der Waals surface area contributed by atoms with Gasteiger partial charge in [0.25, 0.3) is 5.91 Å². The van der Waals surface area contributed by atoms with Gasteiger partial charge in [0.15, 0.2) is 0 Å². The van der Waals surface area contributed by atoms with Gasteiger partial charge < -0.3 is 10.2 Å². The van der Waals surface area contributed by atoms with Crippen molar-refractivity contribution in [2.24, 2.45) is 0 Å². The molecule has 2 heterocycles. The summed E-state index contributed by atoms with van der Waals surface area (Å²) in [4.78, 5) is 28.5. The fourth-order valence-electron chi connectivity index (χ4n) is 3.25. The predicted octanol–water partition coefficient (Wildman–Crippen LogP) is 2.67. The first-order valence-corrected chi connectivity index (χ1v) is 8.25. The number of urea groups is 1. The number of likely N-dealkylation sites (N-methyl/N-ethyl adjacent to an activating group) is 1. The summed E-state index contributed by atoms with van der Waals surface area (Å²) in [5, 5.41) is 2.95. The summed E-state index contributed by atoms with van der Waals surface area (Å²) in [5.74, 6) is 0.0526. The van der Waals surface area contributed by atoms with E-state index < -0.39 is 0 Å². The molecule has 0 saturated carbocycles. The Morgan fingerprint density at radius 2 is 1.91 bits per heavy atom. The van der Waals surface area contributed by atoms with Gasteiger partial charge in [0.05, 0.1) is 23.9 Å². The number of benzene rings is 1. The standard InChI is InChI=1S/C18H23N3O2/c1-3-4-8-11-21-12-14-15(17(21)22)16(19-18(23)20(14)2)13-9-6-5-7-10-13/h5-7,9-10,16H,3-4,8,11-12H2,1-2H3,(H,19,23). The van der Waals surface area contributed by atoms with E-state index in [0.717, 1.165) is 42.6 Å². The third-order valence-corrected chi connectivity index (χ3v) is 4.60. The van der Waals surface area contributed by atoms with Crippen LogP contribution in [0.4, 0.5) is 4.79 Å². The minimum absolute atomic E-state index is 0.0526. The second-order valence-electron chi connectivity index (χ2n) is 6.15. The second kappa shape index (κ2) is 6.44. The van der Waals surface area contributed by atoms with Crippen molar-refractivity contribution in [3.8, 4) is 0 Å². The molecule has 3 amide bonds. The molecule has 0 aliphatic carbocycles. The van der Waals surface area contributed by atoms with E-state index in [9.17, 15) is 9.59 Å². The summed E-state index contributed by atoms with van der Waals surface area (Å²) < 4.78 is 0. The van der Waals surface area contributed by atoms with Crippen molar-refractivity contribution in [2.75, 3.05) is 20.1 Å². The lowest BCUT2D eigenvalue weighted by Crippen LogP contribution is -2.45. The number of nitrogens with one attached hydrogen (secondary N) is 1. The molecule has 1 aromatic rings. The fraction of sp³-hybridized carbons (Fsp3) is 0.444. The lowest BCUT2D eigenvalue weighted by molar-refractivity contribution is -0.125. The molecule has 0 radical (unpaired) electrons. The summed E-state index contributed by atoms with van der Waals surface area (Å²) in [6.45, 7) is 3.44. The Kier molecular flexibility index (Phi) is 4.37. The first kappa shape index (κ1) is 15.6. The van der Waals surface area contributed by atoms with E-state index in [1.807, 2.05) is 35.2 Å². The largest absolute Gasteiger partial charge is 0.333 e. The predicted molar refractivity (Wildman–Crippen MR) is 88.6 cm³/mol. The molecule has 1 aromatic carbocycles. The molecule has 1 unspecified atom stereocenters. The van der Waals surface area contributed by atoms with Crippen molar-refractivity contribution in [2.45, 2.75) is 32.2 Å². The summed E-state index contributed by atoms with van der Waals surface area (Å²) in [5.41, 5.74) is 2.50. The van der Waals surface area contributed by atoms with Gasteiger partial charge in [0.1, 0.15) is 0 Å². The van der Waals surface area contributed by atoms with Crippen LogP contribution >= 0.6 is 0 Å². The van der Waals surface area contributed by atoms with E-state index in [-0.39, 0.29) is 18.0 Å². The highest BCUT2D eigenvalue weighted by Crippen LogP contribution is 2.35. The second-order valence-corrected chi connectivity index (χ2v) is 6.15. The van der Waals surface area contributed by atoms with Gasteiger partial charge >= 0.3 is 6.03 Å². The van der Waals surface area contributed by atoms with Gasteiger partial charge in [0.2, 0.25) is 0 Å². The van der Waals surface area contributed by atoms with Crippen molar-refractivity contribution in [3.63, 3.8) is 0 Å². The minimum atomic E-state index is -0.349. The van der Waals surface area contributed by atoms with Crippen LogP contribution in [-0.2, 0) is 4.79 Å². The van der Waals surface area contributed by atoms with Gasteiger partial charge in [-0.25, -0.2) is 4.79 Å². The van der Waals surface area contributed by atoms with Gasteiger partial charge in [-0.3, -0.25) is 9.69 Å². The number of carbonyl (C=O) groups is 2. The molecule has 0 spiro atoms. The van der Waals surface area contributed by atoms with E-state index in [0.29, 0.717) is 6.54 Å². The maximum atomic E-state index is 12.9. The number of carbonyl (C=O) groups excluding carboxylic acids is 2. The molecule has 0 saturated heterocycles. The van der Waals surface area contributed by atoms with E-state index in [2.05, 4.69) is 12.2 Å². The Hall–Kier alpha value is -2.30. The molecule has 122 valence electrons. The minimum Gasteiger partial charge on any atom is -0.333 e. The molecule has 5 heteroatoms. The van der Waals surface area contributed by atoms with E-state index in [1.165, 1.54) is 0 Å². The molecule has 2 aliphatic heterocycles. The smallest absolute Gasteiger partial charge is 0.322 e. The molecular formula is C18H23N3O2. The molecule has 3 rings (SSSR count). The van der Waals surface area contributed by atoms with Crippen LogP contribution in [-0.4, -0.2) is 41.9 Å². The van der Waals surface area contributed by atoms with Crippen molar-refractivity contribution in [1.82, 2.24) is 15.1 Å². The zero-order valence-electron chi connectivity index (χ0n) is 13.7. The Morgan fingerprint density at radius 1 is 1.17 bits per heavy atom. The number of amides is 3. The van der Waals surface area contributed by atoms with Crippen LogP contribution in [0.2, 0.25) is 0 Å². The first-order chi connectivity index (χ1) is 11.1. The van der Waals surface area contributed by atoms with Crippen LogP contribution < -0.4 is 5.32 Å². The number of hydrogen-bond acceptors (Lipinski definition) is 2. The number of unbranched alkanes of at least 4 members (excludes halogenated alkanes) is 2. The maximum Gasteiger partial charge on any atom is 0.322 e. The molecule has 5 nitrogen and oxygen atoms in total. The Morgan fingerprint density at radius 3 is 2.61 bits per heavy atom. The average Bonchev–Trinajstić information content (AvgIpc) is 2.89. The van der Waals surface area contributed by atoms with Crippen LogP contribution in [0.1, 0.15) is 37.8 Å². The normalized spacial score (nSPS) is 20.9. The molecule has 0 bridgehead atoms. The molecule has 0 aromatic heterocycles. The van der Waals surface area contributed by atoms with Gasteiger partial charge in [0, 0.05) is 13.6 Å². The van der Waals surface area contributed by atoms with E-state index in [4.69, 9.17) is 0 Å². The molecule has 2 aliphatic rings. The highest BCUT2D eigenvalue weighted by molar-refractivity contribution is 6.01. The number of nitrogens with zero attached hydrogens (tertiary/aromatic N) is 2. The van der Waals surface area contributed by atoms with Crippen LogP contribution in [0.3, 0.4) is 0 Å². The van der Waals surface area contributed by atoms with E-state index in [1.54, 1.807) is 11.9 Å². The van der Waals surface area contributed by atoms with Crippen molar-refractivity contribution >= 4 is 11.9 Å². The average molecular weight is 313 g/mol. The zero-order valence-corrected chi connectivity index (χ0v) is 13.7. The summed E-state index contributed by atoms with van der Waals surface area (Å²) in [6.07, 6.45) is 3.25. The van der Waals surface area contributed by atoms with Crippen molar-refractivity contribution in [1.29, 1.82) is 0 Å². The highest BCUT2D eigenvalue weighted by atomic mass is 16.2. The molecule has 0 fully saturated rings. The van der Waals surface area contributed by atoms with Gasteiger partial charge in [-0.15, -0.1) is 0 Å². The SMILES string of the molecule is CCCCCN1CC2=C(C1=O)C(c1ccccc1)NC(=O)N2C. The van der Waals surface area contributed by atoms with Gasteiger partial charge in [-0.1, -0.05) is 50.1 Å². The first-order valence-electron chi connectivity index (χ1n) is 8.25. The molecular weight excluding hydrogens is 290 g/mol. The van der Waals surface area contributed by atoms with E-state index >= 15 is 0 Å². The lowest BCUT2D eigenvalue weighted by Gasteiger charge is -2.31. The number of rotatable bonds is 5. The van der Waals surface area contributed by atoms with Crippen LogP contribution in [0.15, 0.2) is 41.6 Å². The van der Waals surface area contributed by atoms with Gasteiger partial charge in [-0.05, 0) is 12.0 Å². The monoisotopic (exact) mass is 313 g/mol. The summed E-state index contributed by atoms with van der Waals surface area (Å²) in [6, 6.07) is 9.20. The van der Waals surface area contributed by atoms with Gasteiger partial charge in [-0.2, -0.15) is 0 Å². The Labute approximate surface area is 137 Å². The van der Waals surface area contributed by atoms with Crippen LogP contribution in [0.5, 0.6) is 0 Å². The van der Waals surface area contributed by atoms with Crippen molar-refractivity contribution in [3.05, 3.63) is 47.2 Å².